The van der Waals surface area contributed by atoms with Crippen molar-refractivity contribution in [2.45, 2.75) is 13.0 Å². The molecule has 0 atom stereocenters. The summed E-state index contributed by atoms with van der Waals surface area (Å²) >= 11 is 0. The molecule has 0 spiro atoms. The highest BCUT2D eigenvalue weighted by Crippen LogP contribution is 2.21. The SMILES string of the molecule is CN(C)CCCNc1cc(-c2ccccc2)nc(NCc2ccc(F)cc2)n1. The van der Waals surface area contributed by atoms with Gasteiger partial charge in [0.2, 0.25) is 5.95 Å². The Bertz CT molecular complexity index is 866. The summed E-state index contributed by atoms with van der Waals surface area (Å²) in [5.74, 6) is 1.09. The van der Waals surface area contributed by atoms with Gasteiger partial charge in [0.15, 0.2) is 0 Å². The molecule has 0 bridgehead atoms. The molecule has 0 aliphatic rings. The van der Waals surface area contributed by atoms with Crippen molar-refractivity contribution in [1.82, 2.24) is 14.9 Å². The van der Waals surface area contributed by atoms with Crippen LogP contribution in [0.3, 0.4) is 0 Å². The molecule has 3 rings (SSSR count). The fourth-order valence-electron chi connectivity index (χ4n) is 2.77. The van der Waals surface area contributed by atoms with Gasteiger partial charge in [0, 0.05) is 24.7 Å². The molecular formula is C22H26FN5. The van der Waals surface area contributed by atoms with Crippen LogP contribution in [-0.4, -0.2) is 42.1 Å². The molecule has 2 aromatic carbocycles. The summed E-state index contributed by atoms with van der Waals surface area (Å²) in [5.41, 5.74) is 2.86. The Balaban J connectivity index is 1.75. The Morgan fingerprint density at radius 2 is 1.68 bits per heavy atom. The Kier molecular flexibility index (Phi) is 6.92. The minimum absolute atomic E-state index is 0.240. The summed E-state index contributed by atoms with van der Waals surface area (Å²) in [6.07, 6.45) is 1.02. The monoisotopic (exact) mass is 379 g/mol. The summed E-state index contributed by atoms with van der Waals surface area (Å²) < 4.78 is 13.1. The van der Waals surface area contributed by atoms with Gasteiger partial charge in [-0.25, -0.2) is 9.37 Å². The van der Waals surface area contributed by atoms with E-state index in [0.29, 0.717) is 12.5 Å². The van der Waals surface area contributed by atoms with E-state index < -0.39 is 0 Å². The first-order valence-electron chi connectivity index (χ1n) is 9.41. The van der Waals surface area contributed by atoms with E-state index in [0.717, 1.165) is 42.1 Å². The number of nitrogens with zero attached hydrogens (tertiary/aromatic N) is 3. The number of hydrogen-bond acceptors (Lipinski definition) is 5. The molecule has 6 heteroatoms. The van der Waals surface area contributed by atoms with Crippen LogP contribution in [-0.2, 0) is 6.54 Å². The lowest BCUT2D eigenvalue weighted by molar-refractivity contribution is 0.405. The van der Waals surface area contributed by atoms with Crippen LogP contribution in [0.4, 0.5) is 16.2 Å². The Morgan fingerprint density at radius 1 is 0.929 bits per heavy atom. The van der Waals surface area contributed by atoms with Crippen molar-refractivity contribution in [1.29, 1.82) is 0 Å². The van der Waals surface area contributed by atoms with Crippen LogP contribution in [0, 0.1) is 5.82 Å². The second kappa shape index (κ2) is 9.80. The average molecular weight is 379 g/mol. The van der Waals surface area contributed by atoms with Crippen molar-refractivity contribution in [3.05, 3.63) is 72.0 Å². The molecule has 2 N–H and O–H groups in total. The van der Waals surface area contributed by atoms with Gasteiger partial charge in [0.1, 0.15) is 11.6 Å². The van der Waals surface area contributed by atoms with Crippen LogP contribution in [0.5, 0.6) is 0 Å². The maximum Gasteiger partial charge on any atom is 0.225 e. The molecule has 1 heterocycles. The van der Waals surface area contributed by atoms with E-state index in [1.54, 1.807) is 12.1 Å². The Morgan fingerprint density at radius 3 is 2.39 bits per heavy atom. The normalized spacial score (nSPS) is 10.9. The lowest BCUT2D eigenvalue weighted by Gasteiger charge is -2.13. The smallest absolute Gasteiger partial charge is 0.225 e. The van der Waals surface area contributed by atoms with Crippen LogP contribution in [0.15, 0.2) is 60.7 Å². The molecule has 0 radical (unpaired) electrons. The van der Waals surface area contributed by atoms with Crippen LogP contribution < -0.4 is 10.6 Å². The predicted molar refractivity (Wildman–Crippen MR) is 113 cm³/mol. The summed E-state index contributed by atoms with van der Waals surface area (Å²) in [7, 11) is 4.13. The maximum absolute atomic E-state index is 13.1. The number of hydrogen-bond donors (Lipinski definition) is 2. The minimum Gasteiger partial charge on any atom is -0.370 e. The zero-order valence-electron chi connectivity index (χ0n) is 16.3. The highest BCUT2D eigenvalue weighted by atomic mass is 19.1. The molecule has 1 aromatic heterocycles. The lowest BCUT2D eigenvalue weighted by atomic mass is 10.1. The number of rotatable bonds is 9. The van der Waals surface area contributed by atoms with Crippen LogP contribution >= 0.6 is 0 Å². The van der Waals surface area contributed by atoms with Gasteiger partial charge < -0.3 is 15.5 Å². The second-order valence-electron chi connectivity index (χ2n) is 6.89. The first kappa shape index (κ1) is 19.8. The maximum atomic E-state index is 13.1. The molecular weight excluding hydrogens is 353 g/mol. The van der Waals surface area contributed by atoms with E-state index in [1.807, 2.05) is 36.4 Å². The van der Waals surface area contributed by atoms with E-state index in [4.69, 9.17) is 0 Å². The van der Waals surface area contributed by atoms with Crippen molar-refractivity contribution < 1.29 is 4.39 Å². The van der Waals surface area contributed by atoms with Gasteiger partial charge in [-0.3, -0.25) is 0 Å². The molecule has 146 valence electrons. The summed E-state index contributed by atoms with van der Waals surface area (Å²) in [6.45, 7) is 2.37. The van der Waals surface area contributed by atoms with Gasteiger partial charge >= 0.3 is 0 Å². The number of aromatic nitrogens is 2. The van der Waals surface area contributed by atoms with E-state index in [2.05, 4.69) is 39.6 Å². The lowest BCUT2D eigenvalue weighted by Crippen LogP contribution is -2.17. The zero-order chi connectivity index (χ0) is 19.8. The van der Waals surface area contributed by atoms with Crippen molar-refractivity contribution in [3.8, 4) is 11.3 Å². The fourth-order valence-corrected chi connectivity index (χ4v) is 2.77. The third kappa shape index (κ3) is 6.03. The largest absolute Gasteiger partial charge is 0.370 e. The zero-order valence-corrected chi connectivity index (χ0v) is 16.3. The second-order valence-corrected chi connectivity index (χ2v) is 6.89. The van der Waals surface area contributed by atoms with Crippen LogP contribution in [0.25, 0.3) is 11.3 Å². The molecule has 0 aliphatic heterocycles. The van der Waals surface area contributed by atoms with E-state index in [-0.39, 0.29) is 5.82 Å². The standard InChI is InChI=1S/C22H26FN5/c1-28(2)14-6-13-24-21-15-20(18-7-4-3-5-8-18)26-22(27-21)25-16-17-9-11-19(23)12-10-17/h3-5,7-12,15H,6,13-14,16H2,1-2H3,(H2,24,25,26,27). The average Bonchev–Trinajstić information content (AvgIpc) is 2.71. The Hall–Kier alpha value is -2.99. The molecule has 0 unspecified atom stereocenters. The third-order valence-electron chi connectivity index (χ3n) is 4.25. The van der Waals surface area contributed by atoms with Gasteiger partial charge in [0.25, 0.3) is 0 Å². The topological polar surface area (TPSA) is 53.1 Å². The van der Waals surface area contributed by atoms with Gasteiger partial charge in [0.05, 0.1) is 5.69 Å². The highest BCUT2D eigenvalue weighted by molar-refractivity contribution is 5.64. The van der Waals surface area contributed by atoms with Gasteiger partial charge in [-0.15, -0.1) is 0 Å². The van der Waals surface area contributed by atoms with Crippen molar-refractivity contribution in [3.63, 3.8) is 0 Å². The van der Waals surface area contributed by atoms with Crippen molar-refractivity contribution >= 4 is 11.8 Å². The van der Waals surface area contributed by atoms with Gasteiger partial charge in [-0.1, -0.05) is 42.5 Å². The highest BCUT2D eigenvalue weighted by Gasteiger charge is 2.07. The number of anilines is 2. The predicted octanol–water partition coefficient (Wildman–Crippen LogP) is 4.26. The molecule has 0 saturated heterocycles. The fraction of sp³-hybridized carbons (Fsp3) is 0.273. The number of nitrogens with one attached hydrogen (secondary N) is 2. The molecule has 28 heavy (non-hydrogen) atoms. The first-order valence-corrected chi connectivity index (χ1v) is 9.41. The van der Waals surface area contributed by atoms with E-state index in [1.165, 1.54) is 12.1 Å². The molecule has 0 saturated carbocycles. The van der Waals surface area contributed by atoms with E-state index >= 15 is 0 Å². The van der Waals surface area contributed by atoms with Crippen molar-refractivity contribution in [2.24, 2.45) is 0 Å². The Labute approximate surface area is 165 Å². The molecule has 0 aliphatic carbocycles. The number of benzene rings is 2. The molecule has 0 amide bonds. The van der Waals surface area contributed by atoms with Crippen LogP contribution in [0.2, 0.25) is 0 Å². The van der Waals surface area contributed by atoms with Crippen LogP contribution in [0.1, 0.15) is 12.0 Å². The molecule has 5 nitrogen and oxygen atoms in total. The number of halogens is 1. The summed E-state index contributed by atoms with van der Waals surface area (Å²) in [4.78, 5) is 11.4. The third-order valence-corrected chi connectivity index (χ3v) is 4.25. The summed E-state index contributed by atoms with van der Waals surface area (Å²) in [5, 5.41) is 6.64. The molecule has 3 aromatic rings. The van der Waals surface area contributed by atoms with Crippen molar-refractivity contribution in [2.75, 3.05) is 37.8 Å². The minimum atomic E-state index is -0.240. The van der Waals surface area contributed by atoms with Gasteiger partial charge in [-0.05, 0) is 44.8 Å². The summed E-state index contributed by atoms with van der Waals surface area (Å²) in [6, 6.07) is 18.4. The molecule has 0 fully saturated rings. The van der Waals surface area contributed by atoms with Gasteiger partial charge in [-0.2, -0.15) is 4.98 Å². The first-order chi connectivity index (χ1) is 13.6. The quantitative estimate of drug-likeness (QED) is 0.544. The van der Waals surface area contributed by atoms with E-state index in [9.17, 15) is 4.39 Å².